The first kappa shape index (κ1) is 13.4. The normalized spacial score (nSPS) is 27.9. The molecule has 4 nitrogen and oxygen atoms in total. The van der Waals surface area contributed by atoms with Crippen LogP contribution >= 0.6 is 0 Å². The molecule has 1 saturated heterocycles. The van der Waals surface area contributed by atoms with Crippen LogP contribution in [-0.2, 0) is 15.3 Å². The van der Waals surface area contributed by atoms with Gasteiger partial charge in [0.2, 0.25) is 0 Å². The summed E-state index contributed by atoms with van der Waals surface area (Å²) in [5, 5.41) is 1.72. The molecule has 2 aromatic carbocycles. The second kappa shape index (κ2) is 4.35. The molecule has 0 saturated carbocycles. The van der Waals surface area contributed by atoms with Crippen molar-refractivity contribution >= 4 is 11.5 Å². The number of carbonyl (C=O) groups is 1. The van der Waals surface area contributed by atoms with E-state index in [1.165, 1.54) is 0 Å². The molecule has 4 rings (SSSR count). The first-order chi connectivity index (χ1) is 10.6. The van der Waals surface area contributed by atoms with E-state index in [-0.39, 0.29) is 5.78 Å². The molecule has 0 aromatic heterocycles. The van der Waals surface area contributed by atoms with Gasteiger partial charge in [0, 0.05) is 11.1 Å². The van der Waals surface area contributed by atoms with Crippen molar-refractivity contribution in [3.63, 3.8) is 0 Å². The lowest BCUT2D eigenvalue weighted by Gasteiger charge is -2.28. The standard InChI is InChI=1S/C18H16N2O2/c1-13-18(14(2)21)20(22-18)17(19-13,15-9-5-3-6-10-15)16-11-7-4-8-12-16/h3-12H,1-2H3. The van der Waals surface area contributed by atoms with Gasteiger partial charge in [-0.25, -0.2) is 0 Å². The third-order valence-electron chi connectivity index (χ3n) is 4.42. The maximum Gasteiger partial charge on any atom is 0.263 e. The number of rotatable bonds is 3. The molecule has 110 valence electrons. The van der Waals surface area contributed by atoms with Crippen molar-refractivity contribution in [2.75, 3.05) is 0 Å². The predicted octanol–water partition coefficient (Wildman–Crippen LogP) is 2.89. The van der Waals surface area contributed by atoms with E-state index in [0.29, 0.717) is 5.71 Å². The number of Topliss-reactive ketones (excluding diaryl/α,β-unsaturated/α-hetero) is 1. The molecule has 0 N–H and O–H groups in total. The number of aliphatic imine (C=N–C) groups is 1. The molecule has 0 aliphatic carbocycles. The molecule has 22 heavy (non-hydrogen) atoms. The summed E-state index contributed by atoms with van der Waals surface area (Å²) in [5.41, 5.74) is 0.888. The van der Waals surface area contributed by atoms with Gasteiger partial charge in [-0.3, -0.25) is 14.6 Å². The van der Waals surface area contributed by atoms with Crippen LogP contribution in [0.5, 0.6) is 0 Å². The van der Waals surface area contributed by atoms with Gasteiger partial charge >= 0.3 is 0 Å². The smallest absolute Gasteiger partial charge is 0.263 e. The summed E-state index contributed by atoms with van der Waals surface area (Å²) >= 11 is 0. The second-order valence-electron chi connectivity index (χ2n) is 5.69. The molecular formula is C18H16N2O2. The lowest BCUT2D eigenvalue weighted by atomic mass is 9.92. The number of hydrogen-bond acceptors (Lipinski definition) is 4. The highest BCUT2D eigenvalue weighted by molar-refractivity contribution is 6.14. The van der Waals surface area contributed by atoms with Crippen LogP contribution in [0.1, 0.15) is 25.0 Å². The third-order valence-corrected chi connectivity index (χ3v) is 4.42. The quantitative estimate of drug-likeness (QED) is 0.817. The van der Waals surface area contributed by atoms with Crippen molar-refractivity contribution < 1.29 is 9.63 Å². The van der Waals surface area contributed by atoms with Crippen molar-refractivity contribution in [3.05, 3.63) is 71.8 Å². The summed E-state index contributed by atoms with van der Waals surface area (Å²) in [5.74, 6) is -0.0394. The van der Waals surface area contributed by atoms with Gasteiger partial charge in [0.1, 0.15) is 0 Å². The highest BCUT2D eigenvalue weighted by Crippen LogP contribution is 2.57. The number of fused-ring (bicyclic) bond motifs is 1. The first-order valence-electron chi connectivity index (χ1n) is 7.31. The van der Waals surface area contributed by atoms with Crippen LogP contribution in [0.25, 0.3) is 0 Å². The summed E-state index contributed by atoms with van der Waals surface area (Å²) in [6.45, 7) is 3.40. The number of carbonyl (C=O) groups excluding carboxylic acids is 1. The zero-order valence-corrected chi connectivity index (χ0v) is 12.5. The van der Waals surface area contributed by atoms with E-state index in [1.807, 2.05) is 67.6 Å². The molecule has 2 heterocycles. The minimum Gasteiger partial charge on any atom is -0.295 e. The summed E-state index contributed by atoms with van der Waals surface area (Å²) in [6, 6.07) is 19.9. The van der Waals surface area contributed by atoms with Crippen LogP contribution in [-0.4, -0.2) is 22.3 Å². The van der Waals surface area contributed by atoms with Crippen LogP contribution in [0.2, 0.25) is 0 Å². The van der Waals surface area contributed by atoms with Gasteiger partial charge in [0.05, 0.1) is 5.71 Å². The van der Waals surface area contributed by atoms with Gasteiger partial charge in [0.25, 0.3) is 5.72 Å². The average molecular weight is 292 g/mol. The lowest BCUT2D eigenvalue weighted by Crippen LogP contribution is -2.37. The first-order valence-corrected chi connectivity index (χ1v) is 7.31. The van der Waals surface area contributed by atoms with Gasteiger partial charge in [-0.05, 0) is 13.8 Å². The summed E-state index contributed by atoms with van der Waals surface area (Å²) in [7, 11) is 0. The number of benzene rings is 2. The monoisotopic (exact) mass is 292 g/mol. The minimum absolute atomic E-state index is 0.0394. The zero-order chi connectivity index (χ0) is 15.4. The van der Waals surface area contributed by atoms with Crippen molar-refractivity contribution in [2.24, 2.45) is 4.99 Å². The van der Waals surface area contributed by atoms with Crippen molar-refractivity contribution in [1.29, 1.82) is 0 Å². The summed E-state index contributed by atoms with van der Waals surface area (Å²) in [6.07, 6.45) is 0. The molecule has 0 radical (unpaired) electrons. The van der Waals surface area contributed by atoms with Crippen molar-refractivity contribution in [1.82, 2.24) is 5.06 Å². The van der Waals surface area contributed by atoms with Crippen LogP contribution in [0.3, 0.4) is 0 Å². The topological polar surface area (TPSA) is 45.0 Å². The zero-order valence-electron chi connectivity index (χ0n) is 12.5. The van der Waals surface area contributed by atoms with Gasteiger partial charge in [-0.2, -0.15) is 0 Å². The largest absolute Gasteiger partial charge is 0.295 e. The van der Waals surface area contributed by atoms with Crippen LogP contribution in [0.15, 0.2) is 65.7 Å². The van der Waals surface area contributed by atoms with Gasteiger partial charge in [-0.1, -0.05) is 60.7 Å². The average Bonchev–Trinajstić information content (AvgIpc) is 3.26. The Morgan fingerprint density at radius 2 is 1.50 bits per heavy atom. The van der Waals surface area contributed by atoms with E-state index < -0.39 is 11.4 Å². The van der Waals surface area contributed by atoms with Crippen LogP contribution in [0.4, 0.5) is 0 Å². The Balaban J connectivity index is 1.96. The van der Waals surface area contributed by atoms with Crippen molar-refractivity contribution in [3.8, 4) is 0 Å². The Bertz CT molecular complexity index is 731. The molecule has 2 aliphatic rings. The van der Waals surface area contributed by atoms with Gasteiger partial charge in [-0.15, -0.1) is 5.06 Å². The van der Waals surface area contributed by atoms with Crippen LogP contribution in [0, 0.1) is 0 Å². The molecule has 0 amide bonds. The Kier molecular flexibility index (Phi) is 2.64. The van der Waals surface area contributed by atoms with E-state index in [2.05, 4.69) is 0 Å². The van der Waals surface area contributed by atoms with Crippen molar-refractivity contribution in [2.45, 2.75) is 25.2 Å². The third kappa shape index (κ3) is 1.48. The molecule has 4 heteroatoms. The highest BCUT2D eigenvalue weighted by atomic mass is 16.9. The number of hydrogen-bond donors (Lipinski definition) is 0. The minimum atomic E-state index is -0.994. The lowest BCUT2D eigenvalue weighted by molar-refractivity contribution is -0.119. The maximum absolute atomic E-state index is 12.1. The Morgan fingerprint density at radius 3 is 1.86 bits per heavy atom. The fourth-order valence-corrected chi connectivity index (χ4v) is 3.32. The Labute approximate surface area is 129 Å². The molecule has 2 unspecified atom stereocenters. The Morgan fingerprint density at radius 1 is 1.00 bits per heavy atom. The molecule has 0 spiro atoms. The predicted molar refractivity (Wildman–Crippen MR) is 83.1 cm³/mol. The van der Waals surface area contributed by atoms with E-state index >= 15 is 0 Å². The summed E-state index contributed by atoms with van der Waals surface area (Å²) < 4.78 is 0. The van der Waals surface area contributed by atoms with E-state index in [0.717, 1.165) is 11.1 Å². The molecule has 1 fully saturated rings. The van der Waals surface area contributed by atoms with Gasteiger partial charge < -0.3 is 0 Å². The molecular weight excluding hydrogens is 276 g/mol. The van der Waals surface area contributed by atoms with Crippen LogP contribution < -0.4 is 0 Å². The fraction of sp³-hybridized carbons (Fsp3) is 0.222. The van der Waals surface area contributed by atoms with E-state index in [1.54, 1.807) is 12.0 Å². The van der Waals surface area contributed by atoms with Gasteiger partial charge in [0.15, 0.2) is 11.4 Å². The summed E-state index contributed by atoms with van der Waals surface area (Å²) in [4.78, 5) is 22.8. The molecule has 0 bridgehead atoms. The maximum atomic E-state index is 12.1. The highest BCUT2D eigenvalue weighted by Gasteiger charge is 2.75. The van der Waals surface area contributed by atoms with E-state index in [4.69, 9.17) is 9.83 Å². The molecule has 2 aromatic rings. The number of ketones is 1. The second-order valence-corrected chi connectivity index (χ2v) is 5.69. The van der Waals surface area contributed by atoms with E-state index in [9.17, 15) is 4.79 Å². The molecule has 2 aliphatic heterocycles. The Hall–Kier alpha value is -2.30. The number of nitrogens with zero attached hydrogens (tertiary/aromatic N) is 2. The number of hydroxylamine groups is 2. The fourth-order valence-electron chi connectivity index (χ4n) is 3.32. The molecule has 2 atom stereocenters. The SMILES string of the molecule is CC(=O)C12ON1C(c1ccccc1)(c1ccccc1)N=C2C.